The molecule has 2 aliphatic rings. The van der Waals surface area contributed by atoms with Gasteiger partial charge >= 0.3 is 5.97 Å². The molecule has 2 aliphatic carbocycles. The van der Waals surface area contributed by atoms with Gasteiger partial charge in [0.05, 0.1) is 6.61 Å². The third kappa shape index (κ3) is 1.47. The molecule has 0 unspecified atom stereocenters. The highest BCUT2D eigenvalue weighted by Gasteiger charge is 2.39. The minimum Gasteiger partial charge on any atom is -0.466 e. The molecule has 0 aliphatic heterocycles. The van der Waals surface area contributed by atoms with Gasteiger partial charge in [-0.15, -0.1) is 0 Å². The van der Waals surface area contributed by atoms with Crippen LogP contribution < -0.4 is 0 Å². The maximum atomic E-state index is 10.6. The Labute approximate surface area is 73.3 Å². The van der Waals surface area contributed by atoms with E-state index in [1.165, 1.54) is 32.6 Å². The van der Waals surface area contributed by atoms with Gasteiger partial charge in [-0.25, -0.2) is 0 Å². The van der Waals surface area contributed by atoms with Crippen LogP contribution in [0.3, 0.4) is 0 Å². The zero-order chi connectivity index (χ0) is 8.55. The van der Waals surface area contributed by atoms with Gasteiger partial charge in [0.15, 0.2) is 0 Å². The predicted molar refractivity (Wildman–Crippen MR) is 45.6 cm³/mol. The van der Waals surface area contributed by atoms with Crippen molar-refractivity contribution in [2.45, 2.75) is 32.6 Å². The van der Waals surface area contributed by atoms with Crippen LogP contribution in [-0.4, -0.2) is 12.6 Å². The lowest BCUT2D eigenvalue weighted by Crippen LogP contribution is -2.18. The van der Waals surface area contributed by atoms with Crippen molar-refractivity contribution in [3.8, 4) is 0 Å². The predicted octanol–water partition coefficient (Wildman–Crippen LogP) is 1.99. The molecule has 68 valence electrons. The summed E-state index contributed by atoms with van der Waals surface area (Å²) in [5, 5.41) is 0. The fourth-order valence-electron chi connectivity index (χ4n) is 2.80. The minimum absolute atomic E-state index is 0.127. The molecule has 2 saturated carbocycles. The molecule has 2 rings (SSSR count). The van der Waals surface area contributed by atoms with Crippen molar-refractivity contribution < 1.29 is 9.53 Å². The van der Waals surface area contributed by atoms with Gasteiger partial charge in [-0.1, -0.05) is 6.42 Å². The first-order chi connectivity index (χ1) is 5.75. The van der Waals surface area contributed by atoms with Gasteiger partial charge in [-0.3, -0.25) is 4.79 Å². The van der Waals surface area contributed by atoms with Gasteiger partial charge in [0.25, 0.3) is 0 Å². The number of hydrogen-bond acceptors (Lipinski definition) is 2. The van der Waals surface area contributed by atoms with E-state index in [1.807, 2.05) is 0 Å². The molecule has 0 aromatic rings. The first-order valence-corrected chi connectivity index (χ1v) is 4.89. The fraction of sp³-hybridized carbons (Fsp3) is 0.900. The molecule has 0 spiro atoms. The van der Waals surface area contributed by atoms with E-state index in [2.05, 4.69) is 0 Å². The average Bonchev–Trinajstić information content (AvgIpc) is 2.60. The van der Waals surface area contributed by atoms with E-state index in [0.717, 1.165) is 11.8 Å². The van der Waals surface area contributed by atoms with Gasteiger partial charge < -0.3 is 4.74 Å². The van der Waals surface area contributed by atoms with Crippen LogP contribution >= 0.6 is 0 Å². The van der Waals surface area contributed by atoms with Crippen LogP contribution in [-0.2, 0) is 9.53 Å². The molecule has 0 heterocycles. The number of esters is 1. The third-order valence-corrected chi connectivity index (χ3v) is 3.39. The van der Waals surface area contributed by atoms with Crippen molar-refractivity contribution in [3.63, 3.8) is 0 Å². The monoisotopic (exact) mass is 168 g/mol. The Morgan fingerprint density at radius 3 is 2.75 bits per heavy atom. The molecule has 3 atom stereocenters. The van der Waals surface area contributed by atoms with Crippen LogP contribution in [0.15, 0.2) is 0 Å². The maximum absolute atomic E-state index is 10.6. The van der Waals surface area contributed by atoms with Crippen LogP contribution in [0.5, 0.6) is 0 Å². The number of hydrogen-bond donors (Lipinski definition) is 0. The van der Waals surface area contributed by atoms with E-state index in [4.69, 9.17) is 4.74 Å². The first kappa shape index (κ1) is 8.09. The van der Waals surface area contributed by atoms with Gasteiger partial charge in [0, 0.05) is 6.92 Å². The largest absolute Gasteiger partial charge is 0.466 e. The Hall–Kier alpha value is -0.530. The van der Waals surface area contributed by atoms with Crippen LogP contribution in [0.25, 0.3) is 0 Å². The van der Waals surface area contributed by atoms with Crippen LogP contribution in [0.1, 0.15) is 32.6 Å². The summed E-state index contributed by atoms with van der Waals surface area (Å²) in [5.41, 5.74) is 0. The first-order valence-electron chi connectivity index (χ1n) is 4.89. The lowest BCUT2D eigenvalue weighted by Gasteiger charge is -2.20. The van der Waals surface area contributed by atoms with E-state index >= 15 is 0 Å². The molecular formula is C10H16O2. The van der Waals surface area contributed by atoms with E-state index in [-0.39, 0.29) is 5.97 Å². The molecule has 2 fully saturated rings. The summed E-state index contributed by atoms with van der Waals surface area (Å²) in [6.07, 6.45) is 5.49. The number of rotatable bonds is 2. The third-order valence-electron chi connectivity index (χ3n) is 3.39. The molecule has 2 heteroatoms. The van der Waals surface area contributed by atoms with Gasteiger partial charge in [0.2, 0.25) is 0 Å². The summed E-state index contributed by atoms with van der Waals surface area (Å²) >= 11 is 0. The Balaban J connectivity index is 1.79. The molecular weight excluding hydrogens is 152 g/mol. The van der Waals surface area contributed by atoms with Crippen LogP contribution in [0.2, 0.25) is 0 Å². The summed E-state index contributed by atoms with van der Waals surface area (Å²) in [7, 11) is 0. The number of carbonyl (C=O) groups excluding carboxylic acids is 1. The topological polar surface area (TPSA) is 26.3 Å². The van der Waals surface area contributed by atoms with Gasteiger partial charge in [-0.2, -0.15) is 0 Å². The summed E-state index contributed by atoms with van der Waals surface area (Å²) in [4.78, 5) is 10.6. The SMILES string of the molecule is CC(=O)OC[C@H]1C[C@@H]2CC[C@@H]1C2. The van der Waals surface area contributed by atoms with Crippen molar-refractivity contribution in [1.29, 1.82) is 0 Å². The molecule has 12 heavy (non-hydrogen) atoms. The second-order valence-corrected chi connectivity index (χ2v) is 4.24. The van der Waals surface area contributed by atoms with Crippen LogP contribution in [0.4, 0.5) is 0 Å². The number of ether oxygens (including phenoxy) is 1. The maximum Gasteiger partial charge on any atom is 0.302 e. The van der Waals surface area contributed by atoms with E-state index < -0.39 is 0 Å². The summed E-state index contributed by atoms with van der Waals surface area (Å²) in [6.45, 7) is 2.17. The van der Waals surface area contributed by atoms with Crippen molar-refractivity contribution in [1.82, 2.24) is 0 Å². The lowest BCUT2D eigenvalue weighted by atomic mass is 9.90. The normalized spacial score (nSPS) is 38.6. The highest BCUT2D eigenvalue weighted by Crippen LogP contribution is 2.48. The molecule has 0 N–H and O–H groups in total. The smallest absolute Gasteiger partial charge is 0.302 e. The molecule has 0 radical (unpaired) electrons. The van der Waals surface area contributed by atoms with Crippen molar-refractivity contribution in [2.75, 3.05) is 6.61 Å². The molecule has 0 amide bonds. The van der Waals surface area contributed by atoms with Crippen molar-refractivity contribution >= 4 is 5.97 Å². The van der Waals surface area contributed by atoms with E-state index in [9.17, 15) is 4.79 Å². The molecule has 2 bridgehead atoms. The average molecular weight is 168 g/mol. The minimum atomic E-state index is -0.127. The molecule has 0 aromatic carbocycles. The van der Waals surface area contributed by atoms with E-state index in [1.54, 1.807) is 0 Å². The van der Waals surface area contributed by atoms with E-state index in [0.29, 0.717) is 12.5 Å². The molecule has 0 aromatic heterocycles. The highest BCUT2D eigenvalue weighted by atomic mass is 16.5. The van der Waals surface area contributed by atoms with Gasteiger partial charge in [0.1, 0.15) is 0 Å². The number of fused-ring (bicyclic) bond motifs is 2. The molecule has 0 saturated heterocycles. The quantitative estimate of drug-likeness (QED) is 0.589. The summed E-state index contributed by atoms with van der Waals surface area (Å²) in [6, 6.07) is 0. The van der Waals surface area contributed by atoms with Gasteiger partial charge in [-0.05, 0) is 37.0 Å². The van der Waals surface area contributed by atoms with Crippen molar-refractivity contribution in [3.05, 3.63) is 0 Å². The Morgan fingerprint density at radius 2 is 2.25 bits per heavy atom. The number of carbonyl (C=O) groups is 1. The molecule has 2 nitrogen and oxygen atoms in total. The Bertz CT molecular complexity index is 188. The van der Waals surface area contributed by atoms with Crippen LogP contribution in [0, 0.1) is 17.8 Å². The zero-order valence-electron chi connectivity index (χ0n) is 7.58. The second kappa shape index (κ2) is 3.08. The van der Waals surface area contributed by atoms with Crippen molar-refractivity contribution in [2.24, 2.45) is 17.8 Å². The lowest BCUT2D eigenvalue weighted by molar-refractivity contribution is -0.142. The standard InChI is InChI=1S/C10H16O2/c1-7(11)12-6-10-5-8-2-3-9(10)4-8/h8-10H,2-6H2,1H3/t8-,9-,10-/m1/s1. The fourth-order valence-corrected chi connectivity index (χ4v) is 2.80. The zero-order valence-corrected chi connectivity index (χ0v) is 7.58. The Morgan fingerprint density at radius 1 is 1.42 bits per heavy atom. The summed E-state index contributed by atoms with van der Waals surface area (Å²) in [5.74, 6) is 2.38. The highest BCUT2D eigenvalue weighted by molar-refractivity contribution is 5.65. The Kier molecular flexibility index (Phi) is 2.07. The second-order valence-electron chi connectivity index (χ2n) is 4.24. The summed E-state index contributed by atoms with van der Waals surface area (Å²) < 4.78 is 5.04.